The summed E-state index contributed by atoms with van der Waals surface area (Å²) in [6.45, 7) is 0.547. The van der Waals surface area contributed by atoms with Crippen LogP contribution >= 0.6 is 15.9 Å². The highest BCUT2D eigenvalue weighted by molar-refractivity contribution is 9.10. The molecule has 4 heteroatoms. The molecule has 0 saturated heterocycles. The Morgan fingerprint density at radius 3 is 2.96 bits per heavy atom. The summed E-state index contributed by atoms with van der Waals surface area (Å²) < 4.78 is 6.65. The molecule has 0 bridgehead atoms. The highest BCUT2D eigenvalue weighted by Crippen LogP contribution is 2.30. The van der Waals surface area contributed by atoms with Gasteiger partial charge in [-0.3, -0.25) is 4.79 Å². The van der Waals surface area contributed by atoms with Gasteiger partial charge in [0, 0.05) is 10.9 Å². The first-order valence-electron chi connectivity index (χ1n) is 7.98. The largest absolute Gasteiger partial charge is 0.494 e. The first kappa shape index (κ1) is 16.1. The Labute approximate surface area is 145 Å². The number of fused-ring (bicyclic) bond motifs is 1. The van der Waals surface area contributed by atoms with Crippen molar-refractivity contribution in [3.63, 3.8) is 0 Å². The van der Waals surface area contributed by atoms with E-state index >= 15 is 0 Å². The van der Waals surface area contributed by atoms with E-state index in [-0.39, 0.29) is 11.9 Å². The van der Waals surface area contributed by atoms with Crippen LogP contribution in [0, 0.1) is 0 Å². The van der Waals surface area contributed by atoms with Crippen molar-refractivity contribution in [3.8, 4) is 5.75 Å². The molecule has 1 atom stereocenters. The van der Waals surface area contributed by atoms with Crippen LogP contribution in [0.5, 0.6) is 5.75 Å². The Bertz CT molecular complexity index is 687. The van der Waals surface area contributed by atoms with E-state index in [9.17, 15) is 4.79 Å². The molecule has 1 N–H and O–H groups in total. The molecule has 3 nitrogen and oxygen atoms in total. The predicted molar refractivity (Wildman–Crippen MR) is 94.5 cm³/mol. The van der Waals surface area contributed by atoms with E-state index in [0.717, 1.165) is 23.1 Å². The minimum Gasteiger partial charge on any atom is -0.494 e. The Balaban J connectivity index is 1.41. The van der Waals surface area contributed by atoms with E-state index < -0.39 is 0 Å². The van der Waals surface area contributed by atoms with Gasteiger partial charge in [-0.15, -0.1) is 0 Å². The average molecular weight is 374 g/mol. The van der Waals surface area contributed by atoms with Crippen molar-refractivity contribution in [1.29, 1.82) is 0 Å². The van der Waals surface area contributed by atoms with Gasteiger partial charge in [0.25, 0.3) is 0 Å². The standard InChI is InChI=1S/C19H20BrNO2/c20-15-6-3-7-16(13-15)23-12-4-9-19(22)21-18-11-10-14-5-1-2-8-17(14)18/h1-3,5-8,13,18H,4,9-12H2,(H,21,22). The van der Waals surface area contributed by atoms with Gasteiger partial charge in [0.1, 0.15) is 5.75 Å². The molecule has 1 unspecified atom stereocenters. The van der Waals surface area contributed by atoms with Crippen LogP contribution in [-0.2, 0) is 11.2 Å². The number of hydrogen-bond acceptors (Lipinski definition) is 2. The quantitative estimate of drug-likeness (QED) is 0.761. The van der Waals surface area contributed by atoms with Crippen molar-refractivity contribution >= 4 is 21.8 Å². The lowest BCUT2D eigenvalue weighted by Gasteiger charge is -2.14. The third kappa shape index (κ3) is 4.35. The van der Waals surface area contributed by atoms with Gasteiger partial charge >= 0.3 is 0 Å². The first-order valence-corrected chi connectivity index (χ1v) is 8.77. The van der Waals surface area contributed by atoms with Gasteiger partial charge in [0.2, 0.25) is 5.91 Å². The number of aryl methyl sites for hydroxylation is 1. The van der Waals surface area contributed by atoms with Crippen LogP contribution in [0.3, 0.4) is 0 Å². The van der Waals surface area contributed by atoms with Gasteiger partial charge in [-0.1, -0.05) is 46.3 Å². The van der Waals surface area contributed by atoms with Crippen LogP contribution in [0.4, 0.5) is 0 Å². The fourth-order valence-electron chi connectivity index (χ4n) is 2.95. The number of amides is 1. The summed E-state index contributed by atoms with van der Waals surface area (Å²) in [6.07, 6.45) is 3.26. The Morgan fingerprint density at radius 2 is 2.09 bits per heavy atom. The molecule has 2 aromatic carbocycles. The molecule has 0 fully saturated rings. The predicted octanol–water partition coefficient (Wildman–Crippen LogP) is 4.41. The summed E-state index contributed by atoms with van der Waals surface area (Å²) >= 11 is 3.41. The SMILES string of the molecule is O=C(CCCOc1cccc(Br)c1)NC1CCc2ccccc21. The van der Waals surface area contributed by atoms with E-state index in [1.54, 1.807) is 0 Å². The van der Waals surface area contributed by atoms with Crippen LogP contribution in [0.1, 0.15) is 36.4 Å². The molecule has 0 saturated carbocycles. The molecular weight excluding hydrogens is 354 g/mol. The highest BCUT2D eigenvalue weighted by atomic mass is 79.9. The van der Waals surface area contributed by atoms with E-state index in [4.69, 9.17) is 4.74 Å². The Morgan fingerprint density at radius 1 is 1.22 bits per heavy atom. The van der Waals surface area contributed by atoms with Gasteiger partial charge in [-0.2, -0.15) is 0 Å². The molecule has 0 aromatic heterocycles. The van der Waals surface area contributed by atoms with E-state index in [2.05, 4.69) is 39.4 Å². The number of benzene rings is 2. The van der Waals surface area contributed by atoms with Gasteiger partial charge in [0.05, 0.1) is 12.6 Å². The van der Waals surface area contributed by atoms with Crippen molar-refractivity contribution in [2.75, 3.05) is 6.61 Å². The summed E-state index contributed by atoms with van der Waals surface area (Å²) in [4.78, 5) is 12.1. The molecule has 0 spiro atoms. The van der Waals surface area contributed by atoms with Gasteiger partial charge in [0.15, 0.2) is 0 Å². The lowest BCUT2D eigenvalue weighted by atomic mass is 10.1. The summed E-state index contributed by atoms with van der Waals surface area (Å²) in [7, 11) is 0. The van der Waals surface area contributed by atoms with E-state index in [1.165, 1.54) is 11.1 Å². The molecular formula is C19H20BrNO2. The molecule has 120 valence electrons. The number of carbonyl (C=O) groups excluding carboxylic acids is 1. The van der Waals surface area contributed by atoms with Crippen LogP contribution in [0.15, 0.2) is 53.0 Å². The number of carbonyl (C=O) groups is 1. The van der Waals surface area contributed by atoms with E-state index in [0.29, 0.717) is 19.4 Å². The van der Waals surface area contributed by atoms with Gasteiger partial charge in [-0.25, -0.2) is 0 Å². The third-order valence-electron chi connectivity index (χ3n) is 4.08. The minimum absolute atomic E-state index is 0.101. The summed E-state index contributed by atoms with van der Waals surface area (Å²) in [6, 6.07) is 16.3. The van der Waals surface area contributed by atoms with Crippen molar-refractivity contribution in [2.45, 2.75) is 31.7 Å². The summed E-state index contributed by atoms with van der Waals surface area (Å²) in [5, 5.41) is 3.14. The second kappa shape index (κ2) is 7.64. The number of ether oxygens (including phenoxy) is 1. The van der Waals surface area contributed by atoms with Crippen molar-refractivity contribution < 1.29 is 9.53 Å². The summed E-state index contributed by atoms with van der Waals surface area (Å²) in [5.41, 5.74) is 2.63. The molecule has 0 aliphatic heterocycles. The topological polar surface area (TPSA) is 38.3 Å². The maximum absolute atomic E-state index is 12.1. The fraction of sp³-hybridized carbons (Fsp3) is 0.316. The van der Waals surface area contributed by atoms with Crippen LogP contribution in [-0.4, -0.2) is 12.5 Å². The molecule has 23 heavy (non-hydrogen) atoms. The van der Waals surface area contributed by atoms with Crippen molar-refractivity contribution in [2.24, 2.45) is 0 Å². The van der Waals surface area contributed by atoms with Gasteiger partial charge < -0.3 is 10.1 Å². The second-order valence-electron chi connectivity index (χ2n) is 5.77. The average Bonchev–Trinajstić information content (AvgIpc) is 2.95. The normalized spacial score (nSPS) is 16.0. The van der Waals surface area contributed by atoms with Crippen LogP contribution in [0.25, 0.3) is 0 Å². The molecule has 0 radical (unpaired) electrons. The zero-order valence-corrected chi connectivity index (χ0v) is 14.5. The zero-order valence-electron chi connectivity index (χ0n) is 12.9. The van der Waals surface area contributed by atoms with Gasteiger partial charge in [-0.05, 0) is 48.6 Å². The van der Waals surface area contributed by atoms with Crippen LogP contribution < -0.4 is 10.1 Å². The molecule has 1 aliphatic rings. The monoisotopic (exact) mass is 373 g/mol. The number of nitrogens with one attached hydrogen (secondary N) is 1. The van der Waals surface area contributed by atoms with Crippen molar-refractivity contribution in [3.05, 3.63) is 64.1 Å². The molecule has 1 aliphatic carbocycles. The Kier molecular flexibility index (Phi) is 5.34. The number of rotatable bonds is 6. The number of halogens is 1. The molecule has 2 aromatic rings. The van der Waals surface area contributed by atoms with Crippen LogP contribution in [0.2, 0.25) is 0 Å². The maximum atomic E-state index is 12.1. The lowest BCUT2D eigenvalue weighted by Crippen LogP contribution is -2.27. The zero-order chi connectivity index (χ0) is 16.1. The smallest absolute Gasteiger partial charge is 0.220 e. The third-order valence-corrected chi connectivity index (χ3v) is 4.57. The minimum atomic E-state index is 0.101. The maximum Gasteiger partial charge on any atom is 0.220 e. The highest BCUT2D eigenvalue weighted by Gasteiger charge is 2.22. The summed E-state index contributed by atoms with van der Waals surface area (Å²) in [5.74, 6) is 0.925. The molecule has 1 amide bonds. The number of hydrogen-bond donors (Lipinski definition) is 1. The second-order valence-corrected chi connectivity index (χ2v) is 6.68. The molecule has 3 rings (SSSR count). The molecule has 0 heterocycles. The fourth-order valence-corrected chi connectivity index (χ4v) is 3.33. The van der Waals surface area contributed by atoms with E-state index in [1.807, 2.05) is 30.3 Å². The lowest BCUT2D eigenvalue weighted by molar-refractivity contribution is -0.122. The van der Waals surface area contributed by atoms with Crippen molar-refractivity contribution in [1.82, 2.24) is 5.32 Å². The Hall–Kier alpha value is -1.81. The first-order chi connectivity index (χ1) is 11.2.